The number of nitrogens with one attached hydrogen (secondary N) is 2. The van der Waals surface area contributed by atoms with E-state index in [-0.39, 0.29) is 11.8 Å². The van der Waals surface area contributed by atoms with Crippen LogP contribution in [0.1, 0.15) is 29.5 Å². The van der Waals surface area contributed by atoms with Crippen LogP contribution in [0.5, 0.6) is 5.75 Å². The van der Waals surface area contributed by atoms with E-state index in [0.717, 1.165) is 37.2 Å². The lowest BCUT2D eigenvalue weighted by Gasteiger charge is -2.29. The van der Waals surface area contributed by atoms with E-state index in [1.807, 2.05) is 12.1 Å². The largest absolute Gasteiger partial charge is 0.493 e. The molecular formula is C22H27N3O2. The molecule has 4 rings (SSSR count). The van der Waals surface area contributed by atoms with Crippen LogP contribution < -0.4 is 15.4 Å². The van der Waals surface area contributed by atoms with Gasteiger partial charge in [-0.1, -0.05) is 12.1 Å². The molecule has 5 heteroatoms. The molecule has 5 nitrogen and oxygen atoms in total. The van der Waals surface area contributed by atoms with E-state index >= 15 is 0 Å². The summed E-state index contributed by atoms with van der Waals surface area (Å²) in [6.07, 6.45) is 7.99. The van der Waals surface area contributed by atoms with E-state index in [0.29, 0.717) is 19.1 Å². The molecule has 142 valence electrons. The van der Waals surface area contributed by atoms with E-state index in [2.05, 4.69) is 33.8 Å². The Balaban J connectivity index is 1.26. The first-order valence-corrected chi connectivity index (χ1v) is 9.90. The van der Waals surface area contributed by atoms with Crippen molar-refractivity contribution >= 4 is 5.91 Å². The molecule has 0 saturated carbocycles. The minimum Gasteiger partial charge on any atom is -0.493 e. The Hall–Kier alpha value is -2.40. The number of nitrogens with zero attached hydrogens (tertiary/aromatic N) is 1. The third-order valence-corrected chi connectivity index (χ3v) is 5.56. The van der Waals surface area contributed by atoms with Crippen molar-refractivity contribution in [2.45, 2.75) is 32.2 Å². The molecule has 0 bridgehead atoms. The lowest BCUT2D eigenvalue weighted by atomic mass is 9.90. The van der Waals surface area contributed by atoms with E-state index in [9.17, 15) is 4.79 Å². The van der Waals surface area contributed by atoms with E-state index < -0.39 is 0 Å². The fraction of sp³-hybridized carbons (Fsp3) is 0.455. The van der Waals surface area contributed by atoms with Crippen LogP contribution in [-0.2, 0) is 24.2 Å². The molecule has 1 saturated heterocycles. The number of pyridine rings is 1. The summed E-state index contributed by atoms with van der Waals surface area (Å²) < 4.78 is 6.05. The van der Waals surface area contributed by atoms with Crippen LogP contribution in [0, 0.1) is 11.8 Å². The van der Waals surface area contributed by atoms with Crippen molar-refractivity contribution in [3.05, 3.63) is 59.4 Å². The Labute approximate surface area is 160 Å². The smallest absolute Gasteiger partial charge is 0.224 e. The summed E-state index contributed by atoms with van der Waals surface area (Å²) in [5, 5.41) is 6.42. The molecule has 0 spiro atoms. The molecule has 1 fully saturated rings. The van der Waals surface area contributed by atoms with Crippen molar-refractivity contribution in [2.75, 3.05) is 19.7 Å². The summed E-state index contributed by atoms with van der Waals surface area (Å²) in [5.41, 5.74) is 3.92. The van der Waals surface area contributed by atoms with Gasteiger partial charge >= 0.3 is 0 Å². The predicted octanol–water partition coefficient (Wildman–Crippen LogP) is 2.49. The van der Waals surface area contributed by atoms with Crippen LogP contribution >= 0.6 is 0 Å². The van der Waals surface area contributed by atoms with Crippen LogP contribution in [0.4, 0.5) is 0 Å². The molecule has 2 aromatic rings. The SMILES string of the molecule is O=C(NCc1cccnc1)[C@H]1CNC[C@@H](COc2ccc3c(c2)CCC3)C1. The summed E-state index contributed by atoms with van der Waals surface area (Å²) >= 11 is 0. The summed E-state index contributed by atoms with van der Waals surface area (Å²) in [5.74, 6) is 1.40. The molecule has 2 atom stereocenters. The molecule has 2 heterocycles. The van der Waals surface area contributed by atoms with Crippen molar-refractivity contribution in [1.29, 1.82) is 0 Å². The van der Waals surface area contributed by atoms with Crippen LogP contribution in [-0.4, -0.2) is 30.6 Å². The number of piperidine rings is 1. The Kier molecular flexibility index (Phi) is 5.68. The Bertz CT molecular complexity index is 778. The quantitative estimate of drug-likeness (QED) is 0.826. The number of carbonyl (C=O) groups is 1. The third kappa shape index (κ3) is 4.66. The normalized spacial score (nSPS) is 21.5. The van der Waals surface area contributed by atoms with Crippen molar-refractivity contribution in [2.24, 2.45) is 11.8 Å². The average Bonchev–Trinajstić information content (AvgIpc) is 3.19. The molecule has 1 aliphatic heterocycles. The van der Waals surface area contributed by atoms with Gasteiger partial charge in [0.05, 0.1) is 12.5 Å². The van der Waals surface area contributed by atoms with Gasteiger partial charge in [-0.15, -0.1) is 0 Å². The van der Waals surface area contributed by atoms with E-state index in [1.54, 1.807) is 12.4 Å². The van der Waals surface area contributed by atoms with Gasteiger partial charge < -0.3 is 15.4 Å². The lowest BCUT2D eigenvalue weighted by Crippen LogP contribution is -2.45. The summed E-state index contributed by atoms with van der Waals surface area (Å²) in [4.78, 5) is 16.6. The number of aryl methyl sites for hydroxylation is 2. The predicted molar refractivity (Wildman–Crippen MR) is 105 cm³/mol. The molecule has 1 aliphatic carbocycles. The molecular weight excluding hydrogens is 338 g/mol. The summed E-state index contributed by atoms with van der Waals surface area (Å²) in [6, 6.07) is 10.3. The Morgan fingerprint density at radius 2 is 2.15 bits per heavy atom. The van der Waals surface area contributed by atoms with E-state index in [4.69, 9.17) is 4.74 Å². The van der Waals surface area contributed by atoms with Crippen molar-refractivity contribution in [3.63, 3.8) is 0 Å². The number of hydrogen-bond acceptors (Lipinski definition) is 4. The van der Waals surface area contributed by atoms with Crippen LogP contribution in [0.3, 0.4) is 0 Å². The number of rotatable bonds is 6. The molecule has 0 radical (unpaired) electrons. The molecule has 0 unspecified atom stereocenters. The zero-order valence-electron chi connectivity index (χ0n) is 15.6. The van der Waals surface area contributed by atoms with Crippen LogP contribution in [0.2, 0.25) is 0 Å². The maximum absolute atomic E-state index is 12.5. The number of aromatic nitrogens is 1. The first-order chi connectivity index (χ1) is 13.3. The maximum atomic E-state index is 12.5. The number of benzene rings is 1. The molecule has 2 N–H and O–H groups in total. The highest BCUT2D eigenvalue weighted by Gasteiger charge is 2.27. The number of amides is 1. The first kappa shape index (κ1) is 18.0. The molecule has 27 heavy (non-hydrogen) atoms. The minimum atomic E-state index is -0.0101. The highest BCUT2D eigenvalue weighted by atomic mass is 16.5. The van der Waals surface area contributed by atoms with Crippen molar-refractivity contribution < 1.29 is 9.53 Å². The number of carbonyl (C=O) groups excluding carboxylic acids is 1. The number of hydrogen-bond donors (Lipinski definition) is 2. The number of ether oxygens (including phenoxy) is 1. The first-order valence-electron chi connectivity index (χ1n) is 9.90. The number of fused-ring (bicyclic) bond motifs is 1. The van der Waals surface area contributed by atoms with Gasteiger partial charge in [-0.3, -0.25) is 9.78 Å². The molecule has 1 amide bonds. The Morgan fingerprint density at radius 3 is 3.04 bits per heavy atom. The van der Waals surface area contributed by atoms with Gasteiger partial charge in [0.15, 0.2) is 0 Å². The van der Waals surface area contributed by atoms with E-state index in [1.165, 1.54) is 24.0 Å². The van der Waals surface area contributed by atoms with Gasteiger partial charge in [-0.25, -0.2) is 0 Å². The zero-order chi connectivity index (χ0) is 18.5. The van der Waals surface area contributed by atoms with Gasteiger partial charge in [-0.2, -0.15) is 0 Å². The fourth-order valence-corrected chi connectivity index (χ4v) is 4.05. The zero-order valence-corrected chi connectivity index (χ0v) is 15.6. The van der Waals surface area contributed by atoms with Gasteiger partial charge in [0.25, 0.3) is 0 Å². The maximum Gasteiger partial charge on any atom is 0.224 e. The second-order valence-electron chi connectivity index (χ2n) is 7.63. The molecule has 1 aromatic carbocycles. The molecule has 1 aromatic heterocycles. The molecule has 2 aliphatic rings. The minimum absolute atomic E-state index is 0.0101. The van der Waals surface area contributed by atoms with Gasteiger partial charge in [0.1, 0.15) is 5.75 Å². The second-order valence-corrected chi connectivity index (χ2v) is 7.63. The summed E-state index contributed by atoms with van der Waals surface area (Å²) in [7, 11) is 0. The highest BCUT2D eigenvalue weighted by Crippen LogP contribution is 2.27. The second kappa shape index (κ2) is 8.53. The Morgan fingerprint density at radius 1 is 1.22 bits per heavy atom. The average molecular weight is 365 g/mol. The summed E-state index contributed by atoms with van der Waals surface area (Å²) in [6.45, 7) is 2.81. The monoisotopic (exact) mass is 365 g/mol. The van der Waals surface area contributed by atoms with Gasteiger partial charge in [0.2, 0.25) is 5.91 Å². The van der Waals surface area contributed by atoms with Crippen LogP contribution in [0.15, 0.2) is 42.7 Å². The van der Waals surface area contributed by atoms with Gasteiger partial charge in [-0.05, 0) is 60.6 Å². The topological polar surface area (TPSA) is 63.2 Å². The third-order valence-electron chi connectivity index (χ3n) is 5.56. The standard InChI is InChI=1S/C22H27N3O2/c26-22(25-13-16-3-2-8-23-11-16)20-9-17(12-24-14-20)15-27-21-7-6-18-4-1-5-19(18)10-21/h2-3,6-8,10-11,17,20,24H,1,4-5,9,12-15H2,(H,25,26)/t17-,20+/m0/s1. The van der Waals surface area contributed by atoms with Crippen molar-refractivity contribution in [1.82, 2.24) is 15.6 Å². The highest BCUT2D eigenvalue weighted by molar-refractivity contribution is 5.79. The van der Waals surface area contributed by atoms with Gasteiger partial charge in [0, 0.05) is 37.9 Å². The fourth-order valence-electron chi connectivity index (χ4n) is 4.05. The van der Waals surface area contributed by atoms with Crippen molar-refractivity contribution in [3.8, 4) is 5.75 Å². The van der Waals surface area contributed by atoms with Crippen LogP contribution in [0.25, 0.3) is 0 Å². The lowest BCUT2D eigenvalue weighted by molar-refractivity contribution is -0.126.